The number of oxime groups is 1. The zero-order valence-electron chi connectivity index (χ0n) is 11.5. The molecule has 0 heterocycles. The first-order valence-electron chi connectivity index (χ1n) is 5.94. The van der Waals surface area contributed by atoms with E-state index < -0.39 is 5.41 Å². The zero-order valence-corrected chi connectivity index (χ0v) is 11.5. The number of amidine groups is 1. The molecule has 1 amide bonds. The summed E-state index contributed by atoms with van der Waals surface area (Å²) < 4.78 is 0. The van der Waals surface area contributed by atoms with Crippen molar-refractivity contribution < 1.29 is 10.0 Å². The quantitative estimate of drug-likeness (QED) is 0.333. The van der Waals surface area contributed by atoms with Gasteiger partial charge in [0.25, 0.3) is 0 Å². The highest BCUT2D eigenvalue weighted by atomic mass is 16.4. The fourth-order valence-electron chi connectivity index (χ4n) is 1.49. The van der Waals surface area contributed by atoms with Crippen molar-refractivity contribution in [3.05, 3.63) is 0 Å². The molecule has 17 heavy (non-hydrogen) atoms. The lowest BCUT2D eigenvalue weighted by atomic mass is 9.94. The molecule has 0 rings (SSSR count). The van der Waals surface area contributed by atoms with Crippen molar-refractivity contribution in [2.45, 2.75) is 41.0 Å². The highest BCUT2D eigenvalue weighted by molar-refractivity contribution is 5.83. The molecular formula is C12H25N3O2. The molecule has 0 atom stereocenters. The van der Waals surface area contributed by atoms with Crippen LogP contribution in [-0.2, 0) is 4.79 Å². The lowest BCUT2D eigenvalue weighted by Gasteiger charge is -2.30. The molecule has 0 aromatic carbocycles. The van der Waals surface area contributed by atoms with Crippen molar-refractivity contribution in [2.75, 3.05) is 13.1 Å². The van der Waals surface area contributed by atoms with Gasteiger partial charge < -0.3 is 15.8 Å². The molecular weight excluding hydrogens is 218 g/mol. The molecule has 100 valence electrons. The maximum Gasteiger partial charge on any atom is 0.227 e. The number of hydrogen-bond acceptors (Lipinski definition) is 3. The summed E-state index contributed by atoms with van der Waals surface area (Å²) >= 11 is 0. The van der Waals surface area contributed by atoms with Crippen LogP contribution >= 0.6 is 0 Å². The van der Waals surface area contributed by atoms with Crippen molar-refractivity contribution in [3.63, 3.8) is 0 Å². The summed E-state index contributed by atoms with van der Waals surface area (Å²) in [5.74, 6) is 0.644. The molecule has 0 aliphatic carbocycles. The van der Waals surface area contributed by atoms with Crippen molar-refractivity contribution in [2.24, 2.45) is 22.2 Å². The zero-order chi connectivity index (χ0) is 13.6. The van der Waals surface area contributed by atoms with Crippen molar-refractivity contribution in [3.8, 4) is 0 Å². The minimum absolute atomic E-state index is 0.0944. The van der Waals surface area contributed by atoms with Gasteiger partial charge >= 0.3 is 0 Å². The fraction of sp³-hybridized carbons (Fsp3) is 0.833. The summed E-state index contributed by atoms with van der Waals surface area (Å²) in [7, 11) is 0. The van der Waals surface area contributed by atoms with Gasteiger partial charge in [0.15, 0.2) is 0 Å². The minimum Gasteiger partial charge on any atom is -0.409 e. The van der Waals surface area contributed by atoms with Crippen LogP contribution in [0.5, 0.6) is 0 Å². The predicted octanol–water partition coefficient (Wildman–Crippen LogP) is 1.65. The first-order valence-corrected chi connectivity index (χ1v) is 5.94. The third kappa shape index (κ3) is 6.14. The highest BCUT2D eigenvalue weighted by Gasteiger charge is 2.27. The van der Waals surface area contributed by atoms with E-state index in [0.29, 0.717) is 25.4 Å². The molecule has 5 heteroatoms. The Kier molecular flexibility index (Phi) is 5.99. The molecule has 0 aromatic heterocycles. The lowest BCUT2D eigenvalue weighted by molar-refractivity contribution is -0.139. The van der Waals surface area contributed by atoms with Gasteiger partial charge in [0.1, 0.15) is 5.84 Å². The summed E-state index contributed by atoms with van der Waals surface area (Å²) in [5.41, 5.74) is 5.02. The second-order valence-electron chi connectivity index (χ2n) is 5.74. The van der Waals surface area contributed by atoms with E-state index in [1.165, 1.54) is 0 Å². The molecule has 0 spiro atoms. The second-order valence-corrected chi connectivity index (χ2v) is 5.74. The van der Waals surface area contributed by atoms with E-state index in [2.05, 4.69) is 19.0 Å². The van der Waals surface area contributed by atoms with Gasteiger partial charge in [0.05, 0.1) is 0 Å². The number of hydrogen-bond donors (Lipinski definition) is 2. The maximum absolute atomic E-state index is 12.2. The van der Waals surface area contributed by atoms with E-state index in [1.807, 2.05) is 20.8 Å². The standard InChI is InChI=1S/C12H25N3O2/c1-9(2)8-15(7-6-10(13)14-17)11(16)12(3,4)5/h9,17H,6-8H2,1-5H3,(H2,13,14). The van der Waals surface area contributed by atoms with Gasteiger partial charge in [-0.05, 0) is 5.92 Å². The molecule has 5 nitrogen and oxygen atoms in total. The van der Waals surface area contributed by atoms with Crippen LogP contribution in [0.15, 0.2) is 5.16 Å². The number of carbonyl (C=O) groups excluding carboxylic acids is 1. The van der Waals surface area contributed by atoms with E-state index in [0.717, 1.165) is 0 Å². The largest absolute Gasteiger partial charge is 0.409 e. The third-order valence-corrected chi connectivity index (χ3v) is 2.28. The topological polar surface area (TPSA) is 78.9 Å². The second kappa shape index (κ2) is 6.47. The van der Waals surface area contributed by atoms with Crippen LogP contribution in [0.2, 0.25) is 0 Å². The van der Waals surface area contributed by atoms with Crippen molar-refractivity contribution in [1.82, 2.24) is 4.90 Å². The number of amides is 1. The lowest BCUT2D eigenvalue weighted by Crippen LogP contribution is -2.42. The number of nitrogens with zero attached hydrogens (tertiary/aromatic N) is 2. The van der Waals surface area contributed by atoms with Crippen molar-refractivity contribution in [1.29, 1.82) is 0 Å². The summed E-state index contributed by atoms with van der Waals surface area (Å²) in [5, 5.41) is 11.4. The monoisotopic (exact) mass is 243 g/mol. The Labute approximate surface area is 104 Å². The first kappa shape index (κ1) is 15.7. The van der Waals surface area contributed by atoms with Gasteiger partial charge in [-0.25, -0.2) is 0 Å². The summed E-state index contributed by atoms with van der Waals surface area (Å²) in [6.07, 6.45) is 0.394. The van der Waals surface area contributed by atoms with E-state index in [1.54, 1.807) is 4.90 Å². The molecule has 0 saturated heterocycles. The molecule has 0 aliphatic rings. The highest BCUT2D eigenvalue weighted by Crippen LogP contribution is 2.18. The van der Waals surface area contributed by atoms with Gasteiger partial charge in [0, 0.05) is 24.9 Å². The number of nitrogens with two attached hydrogens (primary N) is 1. The molecule has 0 unspecified atom stereocenters. The molecule has 0 radical (unpaired) electrons. The average molecular weight is 243 g/mol. The van der Waals surface area contributed by atoms with E-state index >= 15 is 0 Å². The van der Waals surface area contributed by atoms with Gasteiger partial charge in [-0.2, -0.15) is 0 Å². The number of rotatable bonds is 5. The SMILES string of the molecule is CC(C)CN(CCC(N)=NO)C(=O)C(C)(C)C. The minimum atomic E-state index is -0.403. The Hall–Kier alpha value is -1.26. The van der Waals surface area contributed by atoms with Gasteiger partial charge in [0.2, 0.25) is 5.91 Å². The summed E-state index contributed by atoms with van der Waals surface area (Å²) in [6, 6.07) is 0. The van der Waals surface area contributed by atoms with E-state index in [-0.39, 0.29) is 11.7 Å². The predicted molar refractivity (Wildman–Crippen MR) is 68.9 cm³/mol. The Morgan fingerprint density at radius 3 is 2.29 bits per heavy atom. The van der Waals surface area contributed by atoms with Gasteiger partial charge in [-0.15, -0.1) is 0 Å². The van der Waals surface area contributed by atoms with Crippen LogP contribution in [0.3, 0.4) is 0 Å². The summed E-state index contributed by atoms with van der Waals surface area (Å²) in [6.45, 7) is 11.0. The Bertz CT molecular complexity index is 280. The normalized spacial score (nSPS) is 12.9. The molecule has 0 bridgehead atoms. The molecule has 0 fully saturated rings. The number of carbonyl (C=O) groups is 1. The molecule has 3 N–H and O–H groups in total. The smallest absolute Gasteiger partial charge is 0.227 e. The maximum atomic E-state index is 12.2. The van der Waals surface area contributed by atoms with Crippen LogP contribution in [0.25, 0.3) is 0 Å². The van der Waals surface area contributed by atoms with Gasteiger partial charge in [-0.1, -0.05) is 39.8 Å². The Morgan fingerprint density at radius 1 is 1.41 bits per heavy atom. The third-order valence-electron chi connectivity index (χ3n) is 2.28. The van der Waals surface area contributed by atoms with Crippen LogP contribution in [0, 0.1) is 11.3 Å². The Morgan fingerprint density at radius 2 is 1.94 bits per heavy atom. The molecule has 0 aliphatic heterocycles. The first-order chi connectivity index (χ1) is 7.68. The van der Waals surface area contributed by atoms with E-state index in [9.17, 15) is 4.79 Å². The van der Waals surface area contributed by atoms with Gasteiger partial charge in [-0.3, -0.25) is 4.79 Å². The van der Waals surface area contributed by atoms with Crippen molar-refractivity contribution >= 4 is 11.7 Å². The van der Waals surface area contributed by atoms with Crippen LogP contribution in [-0.4, -0.2) is 34.9 Å². The van der Waals surface area contributed by atoms with Crippen LogP contribution in [0.1, 0.15) is 41.0 Å². The van der Waals surface area contributed by atoms with Crippen LogP contribution < -0.4 is 5.73 Å². The molecule has 0 saturated carbocycles. The fourth-order valence-corrected chi connectivity index (χ4v) is 1.49. The van der Waals surface area contributed by atoms with E-state index in [4.69, 9.17) is 10.9 Å². The average Bonchev–Trinajstić information content (AvgIpc) is 2.20. The molecule has 0 aromatic rings. The Balaban J connectivity index is 4.60. The summed E-state index contributed by atoms with van der Waals surface area (Å²) in [4.78, 5) is 14.0. The van der Waals surface area contributed by atoms with Crippen LogP contribution in [0.4, 0.5) is 0 Å².